The van der Waals surface area contributed by atoms with Gasteiger partial charge < -0.3 is 14.2 Å². The molecule has 0 atom stereocenters. The number of ether oxygens (including phenoxy) is 1. The van der Waals surface area contributed by atoms with Crippen molar-refractivity contribution in [3.05, 3.63) is 60.0 Å². The van der Waals surface area contributed by atoms with Crippen molar-refractivity contribution in [2.75, 3.05) is 27.7 Å². The van der Waals surface area contributed by atoms with Crippen LogP contribution >= 0.6 is 0 Å². The van der Waals surface area contributed by atoms with Crippen LogP contribution in [0.3, 0.4) is 0 Å². The van der Waals surface area contributed by atoms with Gasteiger partial charge in [-0.15, -0.1) is 0 Å². The second-order valence-corrected chi connectivity index (χ2v) is 6.11. The first kappa shape index (κ1) is 18.7. The molecule has 5 heteroatoms. The van der Waals surface area contributed by atoms with Gasteiger partial charge in [0.1, 0.15) is 5.75 Å². The number of hydrogen-bond acceptors (Lipinski definition) is 4. The third-order valence-electron chi connectivity index (χ3n) is 3.93. The van der Waals surface area contributed by atoms with Crippen LogP contribution in [0.15, 0.2) is 48.9 Å². The molecule has 0 aliphatic heterocycles. The molecule has 0 aliphatic rings. The Morgan fingerprint density at radius 2 is 2.08 bits per heavy atom. The summed E-state index contributed by atoms with van der Waals surface area (Å²) in [5.74, 6) is 0.915. The first-order valence-electron chi connectivity index (χ1n) is 8.17. The van der Waals surface area contributed by atoms with E-state index in [9.17, 15) is 4.79 Å². The van der Waals surface area contributed by atoms with Crippen LogP contribution in [-0.4, -0.2) is 48.5 Å². The fourth-order valence-electron chi connectivity index (χ4n) is 2.56. The van der Waals surface area contributed by atoms with E-state index in [0.29, 0.717) is 5.56 Å². The summed E-state index contributed by atoms with van der Waals surface area (Å²) >= 11 is 0. The normalized spacial score (nSPS) is 10.4. The molecule has 25 heavy (non-hydrogen) atoms. The van der Waals surface area contributed by atoms with E-state index in [1.807, 2.05) is 6.07 Å². The number of aromatic nitrogens is 2. The van der Waals surface area contributed by atoms with Crippen molar-refractivity contribution in [2.45, 2.75) is 6.42 Å². The first-order valence-corrected chi connectivity index (χ1v) is 8.17. The monoisotopic (exact) mass is 339 g/mol. The molecular formula is C20H25N3O2. The summed E-state index contributed by atoms with van der Waals surface area (Å²) in [6.07, 6.45) is 7.22. The van der Waals surface area contributed by atoms with E-state index in [1.165, 1.54) is 22.7 Å². The Kier molecular flexibility index (Phi) is 6.71. The molecule has 3 rings (SSSR count). The molecule has 0 saturated heterocycles. The van der Waals surface area contributed by atoms with Crippen LogP contribution in [-0.2, 0) is 13.5 Å². The van der Waals surface area contributed by atoms with Crippen LogP contribution in [0.2, 0.25) is 0 Å². The largest absolute Gasteiger partial charge is 0.497 e. The number of benzene rings is 1. The number of likely N-dealkylation sites (N-methyl/N-ethyl adjacent to an activating group) is 1. The third-order valence-corrected chi connectivity index (χ3v) is 3.93. The Hall–Kier alpha value is -2.66. The summed E-state index contributed by atoms with van der Waals surface area (Å²) in [4.78, 5) is 15.9. The van der Waals surface area contributed by atoms with Crippen LogP contribution in [0.25, 0.3) is 10.9 Å². The van der Waals surface area contributed by atoms with E-state index in [4.69, 9.17) is 4.74 Å². The molecule has 2 aromatic heterocycles. The number of methoxy groups -OCH3 is 1. The lowest BCUT2D eigenvalue weighted by molar-refractivity contribution is 0.112. The Morgan fingerprint density at radius 3 is 2.64 bits per heavy atom. The van der Waals surface area contributed by atoms with Gasteiger partial charge >= 0.3 is 0 Å². The highest BCUT2D eigenvalue weighted by Gasteiger charge is 2.07. The van der Waals surface area contributed by atoms with Crippen molar-refractivity contribution in [1.29, 1.82) is 0 Å². The molecule has 0 aliphatic carbocycles. The maximum absolute atomic E-state index is 9.97. The Morgan fingerprint density at radius 1 is 1.28 bits per heavy atom. The summed E-state index contributed by atoms with van der Waals surface area (Å²) in [6, 6.07) is 9.71. The number of aldehydes is 1. The molecular weight excluding hydrogens is 314 g/mol. The van der Waals surface area contributed by atoms with Gasteiger partial charge in [-0.1, -0.05) is 0 Å². The van der Waals surface area contributed by atoms with Gasteiger partial charge in [-0.05, 0) is 50.3 Å². The minimum atomic E-state index is 0.618. The lowest BCUT2D eigenvalue weighted by Gasteiger charge is -2.08. The van der Waals surface area contributed by atoms with Crippen LogP contribution in [0, 0.1) is 0 Å². The number of aryl methyl sites for hydroxylation is 1. The number of carbonyl (C=O) groups is 1. The molecule has 3 aromatic rings. The summed E-state index contributed by atoms with van der Waals surface area (Å²) in [6.45, 7) is 1.07. The molecule has 2 heterocycles. The topological polar surface area (TPSA) is 47.4 Å². The Bertz CT molecular complexity index is 810. The molecule has 5 nitrogen and oxygen atoms in total. The van der Waals surface area contributed by atoms with E-state index >= 15 is 0 Å². The minimum Gasteiger partial charge on any atom is -0.497 e. The van der Waals surface area contributed by atoms with E-state index in [-0.39, 0.29) is 0 Å². The highest BCUT2D eigenvalue weighted by atomic mass is 16.5. The Labute approximate surface area is 148 Å². The molecule has 1 aromatic carbocycles. The fourth-order valence-corrected chi connectivity index (χ4v) is 2.56. The quantitative estimate of drug-likeness (QED) is 0.670. The second kappa shape index (κ2) is 8.99. The van der Waals surface area contributed by atoms with Crippen molar-refractivity contribution in [1.82, 2.24) is 14.5 Å². The molecule has 0 saturated carbocycles. The van der Waals surface area contributed by atoms with E-state index in [0.717, 1.165) is 25.0 Å². The number of nitrogens with zero attached hydrogens (tertiary/aromatic N) is 3. The van der Waals surface area contributed by atoms with Crippen LogP contribution in [0.4, 0.5) is 0 Å². The molecule has 0 unspecified atom stereocenters. The first-order chi connectivity index (χ1) is 12.0. The smallest absolute Gasteiger partial charge is 0.151 e. The highest BCUT2D eigenvalue weighted by molar-refractivity contribution is 5.85. The molecule has 0 spiro atoms. The van der Waals surface area contributed by atoms with Crippen LogP contribution in [0.5, 0.6) is 5.75 Å². The average molecular weight is 339 g/mol. The van der Waals surface area contributed by atoms with Gasteiger partial charge in [-0.3, -0.25) is 9.78 Å². The molecule has 0 fully saturated rings. The van der Waals surface area contributed by atoms with Crippen molar-refractivity contribution in [2.24, 2.45) is 7.05 Å². The van der Waals surface area contributed by atoms with Gasteiger partial charge in [0, 0.05) is 49.2 Å². The second-order valence-electron chi connectivity index (χ2n) is 6.11. The van der Waals surface area contributed by atoms with E-state index in [1.54, 1.807) is 25.4 Å². The number of carbonyl (C=O) groups excluding carboxylic acids is 1. The predicted molar refractivity (Wildman–Crippen MR) is 101 cm³/mol. The predicted octanol–water partition coefficient (Wildman–Crippen LogP) is 3.19. The number of fused-ring (bicyclic) bond motifs is 1. The summed E-state index contributed by atoms with van der Waals surface area (Å²) < 4.78 is 7.43. The van der Waals surface area contributed by atoms with Crippen molar-refractivity contribution < 1.29 is 9.53 Å². The van der Waals surface area contributed by atoms with Gasteiger partial charge in [-0.2, -0.15) is 0 Å². The van der Waals surface area contributed by atoms with E-state index in [2.05, 4.69) is 53.9 Å². The molecule has 0 N–H and O–H groups in total. The molecule has 0 radical (unpaired) electrons. The van der Waals surface area contributed by atoms with Crippen molar-refractivity contribution in [3.8, 4) is 5.75 Å². The highest BCUT2D eigenvalue weighted by Crippen LogP contribution is 2.25. The van der Waals surface area contributed by atoms with E-state index < -0.39 is 0 Å². The molecule has 0 bridgehead atoms. The lowest BCUT2D eigenvalue weighted by atomic mass is 10.1. The maximum Gasteiger partial charge on any atom is 0.151 e. The summed E-state index contributed by atoms with van der Waals surface area (Å²) in [5.41, 5.74) is 3.25. The average Bonchev–Trinajstić information content (AvgIpc) is 2.96. The molecule has 132 valence electrons. The Balaban J connectivity index is 0.000000236. The van der Waals surface area contributed by atoms with Gasteiger partial charge in [0.25, 0.3) is 0 Å². The maximum atomic E-state index is 9.97. The van der Waals surface area contributed by atoms with Crippen LogP contribution in [0.1, 0.15) is 15.9 Å². The summed E-state index contributed by atoms with van der Waals surface area (Å²) in [7, 11) is 8.00. The van der Waals surface area contributed by atoms with Gasteiger partial charge in [-0.25, -0.2) is 0 Å². The van der Waals surface area contributed by atoms with Gasteiger partial charge in [0.15, 0.2) is 6.29 Å². The third kappa shape index (κ3) is 5.16. The lowest BCUT2D eigenvalue weighted by Crippen LogP contribution is -2.14. The van der Waals surface area contributed by atoms with Crippen molar-refractivity contribution >= 4 is 17.2 Å². The fraction of sp³-hybridized carbons (Fsp3) is 0.300. The zero-order valence-electron chi connectivity index (χ0n) is 15.3. The molecule has 0 amide bonds. The van der Waals surface area contributed by atoms with Crippen LogP contribution < -0.4 is 4.74 Å². The zero-order valence-corrected chi connectivity index (χ0v) is 15.3. The number of pyridine rings is 1. The standard InChI is InChI=1S/C14H20N2O.C6H5NO/c1-15(2)8-7-11-10-16(3)14-9-12(17-4)5-6-13(11)14;8-5-6-2-1-3-7-4-6/h5-6,9-10H,7-8H2,1-4H3;1-5H. The van der Waals surface area contributed by atoms with Crippen molar-refractivity contribution in [3.63, 3.8) is 0 Å². The zero-order chi connectivity index (χ0) is 18.2. The van der Waals surface area contributed by atoms with Gasteiger partial charge in [0.2, 0.25) is 0 Å². The van der Waals surface area contributed by atoms with Gasteiger partial charge in [0.05, 0.1) is 12.6 Å². The minimum absolute atomic E-state index is 0.618. The number of hydrogen-bond donors (Lipinski definition) is 0. The number of rotatable bonds is 5. The summed E-state index contributed by atoms with van der Waals surface area (Å²) in [5, 5.41) is 1.33. The SMILES string of the molecule is COc1ccc2c(CCN(C)C)cn(C)c2c1.O=Cc1cccnc1.